The molecule has 0 unspecified atom stereocenters. The predicted octanol–water partition coefficient (Wildman–Crippen LogP) is 3.44. The summed E-state index contributed by atoms with van der Waals surface area (Å²) in [5.74, 6) is -0.318. The Labute approximate surface area is 215 Å². The Morgan fingerprint density at radius 1 is 0.946 bits per heavy atom. The van der Waals surface area contributed by atoms with E-state index in [-0.39, 0.29) is 29.5 Å². The summed E-state index contributed by atoms with van der Waals surface area (Å²) >= 11 is 0. The molecule has 0 radical (unpaired) electrons. The van der Waals surface area contributed by atoms with Crippen LogP contribution in [-0.2, 0) is 16.1 Å². The zero-order chi connectivity index (χ0) is 25.8. The van der Waals surface area contributed by atoms with Gasteiger partial charge in [-0.05, 0) is 54.9 Å². The smallest absolute Gasteiger partial charge is 0.287 e. The molecule has 0 aliphatic carbocycles. The van der Waals surface area contributed by atoms with Crippen LogP contribution < -0.4 is 10.7 Å². The first-order chi connectivity index (χ1) is 18.0. The van der Waals surface area contributed by atoms with Crippen molar-refractivity contribution in [3.05, 3.63) is 81.7 Å². The fraction of sp³-hybridized carbons (Fsp3) is 0.379. The highest BCUT2D eigenvalue weighted by molar-refractivity contribution is 5.95. The standard InChI is InChI=1S/C29H31N3O5/c33-24-17-26(37-25-10-4-3-9-23(24)25)29(36)30-18-28(35)31-15-12-20(13-16-31)22-8-2-1-7-21(22)19-32-14-6-5-11-27(32)34/h1-4,7-10,17,20H,5-6,11-16,18-19H2,(H,30,36). The van der Waals surface area contributed by atoms with Gasteiger partial charge in [-0.25, -0.2) is 0 Å². The minimum atomic E-state index is -0.590. The number of para-hydroxylation sites is 1. The topological polar surface area (TPSA) is 99.9 Å². The third kappa shape index (κ3) is 5.58. The van der Waals surface area contributed by atoms with Gasteiger partial charge >= 0.3 is 0 Å². The zero-order valence-electron chi connectivity index (χ0n) is 20.8. The number of nitrogens with zero attached hydrogens (tertiary/aromatic N) is 2. The average Bonchev–Trinajstić information content (AvgIpc) is 2.93. The molecule has 3 amide bonds. The van der Waals surface area contributed by atoms with Gasteiger partial charge in [0.15, 0.2) is 11.2 Å². The number of carbonyl (C=O) groups excluding carboxylic acids is 3. The zero-order valence-corrected chi connectivity index (χ0v) is 20.8. The fourth-order valence-corrected chi connectivity index (χ4v) is 5.32. The Morgan fingerprint density at radius 2 is 1.70 bits per heavy atom. The van der Waals surface area contributed by atoms with Crippen LogP contribution in [0, 0.1) is 0 Å². The first-order valence-electron chi connectivity index (χ1n) is 12.9. The molecule has 0 saturated carbocycles. The van der Waals surface area contributed by atoms with Crippen molar-refractivity contribution in [3.63, 3.8) is 0 Å². The molecule has 2 aromatic carbocycles. The third-order valence-electron chi connectivity index (χ3n) is 7.38. The summed E-state index contributed by atoms with van der Waals surface area (Å²) in [4.78, 5) is 53.6. The van der Waals surface area contributed by atoms with Crippen LogP contribution in [0.3, 0.4) is 0 Å². The Morgan fingerprint density at radius 3 is 2.51 bits per heavy atom. The number of amides is 3. The van der Waals surface area contributed by atoms with Crippen molar-refractivity contribution in [3.8, 4) is 0 Å². The maximum atomic E-state index is 12.8. The largest absolute Gasteiger partial charge is 0.451 e. The van der Waals surface area contributed by atoms with Gasteiger partial charge in [0.25, 0.3) is 5.91 Å². The molecule has 2 fully saturated rings. The van der Waals surface area contributed by atoms with E-state index in [2.05, 4.69) is 17.4 Å². The highest BCUT2D eigenvalue weighted by Gasteiger charge is 2.27. The summed E-state index contributed by atoms with van der Waals surface area (Å²) in [5.41, 5.74) is 2.48. The monoisotopic (exact) mass is 501 g/mol. The van der Waals surface area contributed by atoms with Gasteiger partial charge in [0.1, 0.15) is 5.58 Å². The first-order valence-corrected chi connectivity index (χ1v) is 12.9. The number of benzene rings is 2. The third-order valence-corrected chi connectivity index (χ3v) is 7.38. The summed E-state index contributed by atoms with van der Waals surface area (Å²) in [5, 5.41) is 2.99. The maximum Gasteiger partial charge on any atom is 0.287 e. The summed E-state index contributed by atoms with van der Waals surface area (Å²) in [6.45, 7) is 2.50. The van der Waals surface area contributed by atoms with Gasteiger partial charge in [-0.1, -0.05) is 36.4 Å². The summed E-state index contributed by atoms with van der Waals surface area (Å²) in [7, 11) is 0. The van der Waals surface area contributed by atoms with Gasteiger partial charge in [0.05, 0.1) is 11.9 Å². The molecule has 1 N–H and O–H groups in total. The number of hydrogen-bond acceptors (Lipinski definition) is 5. The van der Waals surface area contributed by atoms with E-state index < -0.39 is 5.91 Å². The summed E-state index contributed by atoms with van der Waals surface area (Å²) in [6, 6.07) is 16.2. The Kier molecular flexibility index (Phi) is 7.35. The van der Waals surface area contributed by atoms with Gasteiger partial charge in [-0.3, -0.25) is 19.2 Å². The second-order valence-electron chi connectivity index (χ2n) is 9.78. The summed E-state index contributed by atoms with van der Waals surface area (Å²) < 4.78 is 5.56. The van der Waals surface area contributed by atoms with E-state index in [1.807, 2.05) is 17.0 Å². The van der Waals surface area contributed by atoms with Gasteiger partial charge in [-0.2, -0.15) is 0 Å². The molecular weight excluding hydrogens is 470 g/mol. The van der Waals surface area contributed by atoms with Crippen LogP contribution in [0.1, 0.15) is 59.7 Å². The van der Waals surface area contributed by atoms with Crippen molar-refractivity contribution in [2.45, 2.75) is 44.6 Å². The molecule has 0 spiro atoms. The molecular formula is C29H31N3O5. The Bertz CT molecular complexity index is 1370. The molecule has 192 valence electrons. The van der Waals surface area contributed by atoms with Crippen LogP contribution in [0.15, 0.2) is 63.8 Å². The van der Waals surface area contributed by atoms with Crippen LogP contribution in [0.5, 0.6) is 0 Å². The minimum Gasteiger partial charge on any atom is -0.451 e. The number of fused-ring (bicyclic) bond motifs is 1. The minimum absolute atomic E-state index is 0.112. The van der Waals surface area contributed by atoms with Crippen LogP contribution in [0.2, 0.25) is 0 Å². The molecule has 0 bridgehead atoms. The van der Waals surface area contributed by atoms with E-state index >= 15 is 0 Å². The molecule has 2 aliphatic heterocycles. The molecule has 8 nitrogen and oxygen atoms in total. The SMILES string of the molecule is O=C(NCC(=O)N1CCC(c2ccccc2CN2CCCCC2=O)CC1)c1cc(=O)c2ccccc2o1. The fourth-order valence-electron chi connectivity index (χ4n) is 5.32. The lowest BCUT2D eigenvalue weighted by Crippen LogP contribution is -2.44. The van der Waals surface area contributed by atoms with Crippen LogP contribution >= 0.6 is 0 Å². The van der Waals surface area contributed by atoms with Crippen molar-refractivity contribution in [2.75, 3.05) is 26.2 Å². The van der Waals surface area contributed by atoms with Crippen LogP contribution in [0.25, 0.3) is 11.0 Å². The van der Waals surface area contributed by atoms with Gasteiger partial charge < -0.3 is 19.5 Å². The number of likely N-dealkylation sites (tertiary alicyclic amines) is 2. The van der Waals surface area contributed by atoms with Gasteiger partial charge in [-0.15, -0.1) is 0 Å². The molecule has 2 saturated heterocycles. The van der Waals surface area contributed by atoms with E-state index in [0.29, 0.717) is 42.9 Å². The number of nitrogens with one attached hydrogen (secondary N) is 1. The first kappa shape index (κ1) is 24.7. The summed E-state index contributed by atoms with van der Waals surface area (Å²) in [6.07, 6.45) is 4.30. The molecule has 0 atom stereocenters. The van der Waals surface area contributed by atoms with Crippen LogP contribution in [-0.4, -0.2) is 53.7 Å². The molecule has 3 aromatic rings. The number of piperidine rings is 2. The highest BCUT2D eigenvalue weighted by atomic mass is 16.3. The molecule has 8 heteroatoms. The lowest BCUT2D eigenvalue weighted by molar-refractivity contribution is -0.134. The quantitative estimate of drug-likeness (QED) is 0.558. The molecule has 2 aliphatic rings. The maximum absolute atomic E-state index is 12.8. The number of rotatable bonds is 6. The average molecular weight is 502 g/mol. The van der Waals surface area contributed by atoms with Crippen LogP contribution in [0.4, 0.5) is 0 Å². The second-order valence-corrected chi connectivity index (χ2v) is 9.78. The lowest BCUT2D eigenvalue weighted by Gasteiger charge is -2.34. The normalized spacial score (nSPS) is 16.7. The van der Waals surface area contributed by atoms with E-state index in [0.717, 1.165) is 38.3 Å². The Balaban J connectivity index is 1.16. The molecule has 1 aromatic heterocycles. The predicted molar refractivity (Wildman–Crippen MR) is 139 cm³/mol. The number of hydrogen-bond donors (Lipinski definition) is 1. The van der Waals surface area contributed by atoms with Crippen molar-refractivity contribution in [1.29, 1.82) is 0 Å². The lowest BCUT2D eigenvalue weighted by atomic mass is 9.86. The molecule has 37 heavy (non-hydrogen) atoms. The van der Waals surface area contributed by atoms with E-state index in [9.17, 15) is 19.2 Å². The number of carbonyl (C=O) groups is 3. The van der Waals surface area contributed by atoms with Crippen molar-refractivity contribution in [1.82, 2.24) is 15.1 Å². The van der Waals surface area contributed by atoms with E-state index in [1.165, 1.54) is 11.1 Å². The Hall–Kier alpha value is -3.94. The molecule has 5 rings (SSSR count). The van der Waals surface area contributed by atoms with E-state index in [1.54, 1.807) is 29.2 Å². The van der Waals surface area contributed by atoms with Crippen molar-refractivity contribution >= 4 is 28.7 Å². The van der Waals surface area contributed by atoms with Gasteiger partial charge in [0.2, 0.25) is 11.8 Å². The molecule has 3 heterocycles. The highest BCUT2D eigenvalue weighted by Crippen LogP contribution is 2.31. The van der Waals surface area contributed by atoms with Crippen molar-refractivity contribution < 1.29 is 18.8 Å². The second kappa shape index (κ2) is 11.0. The van der Waals surface area contributed by atoms with Crippen molar-refractivity contribution in [2.24, 2.45) is 0 Å². The van der Waals surface area contributed by atoms with Gasteiger partial charge in [0, 0.05) is 38.7 Å². The van der Waals surface area contributed by atoms with E-state index in [4.69, 9.17) is 4.42 Å².